The Kier molecular flexibility index (Phi) is 6.09. The number of aliphatic imine (C=N–C) groups is 1. The van der Waals surface area contributed by atoms with Crippen molar-refractivity contribution in [3.8, 4) is 11.5 Å². The van der Waals surface area contributed by atoms with Gasteiger partial charge in [-0.15, -0.1) is 0 Å². The lowest BCUT2D eigenvalue weighted by molar-refractivity contribution is 0.343. The summed E-state index contributed by atoms with van der Waals surface area (Å²) in [6, 6.07) is 13.2. The van der Waals surface area contributed by atoms with E-state index in [0.717, 1.165) is 11.4 Å². The van der Waals surface area contributed by atoms with Crippen LogP contribution in [0.25, 0.3) is 0 Å². The van der Waals surface area contributed by atoms with Crippen LogP contribution < -0.4 is 15.2 Å². The van der Waals surface area contributed by atoms with Gasteiger partial charge in [0.05, 0.1) is 19.4 Å². The maximum Gasteiger partial charge on any atom is 0.159 e. The van der Waals surface area contributed by atoms with Gasteiger partial charge < -0.3 is 15.2 Å². The summed E-state index contributed by atoms with van der Waals surface area (Å²) in [6.45, 7) is 0.467. The minimum Gasteiger partial charge on any atom is -0.497 e. The van der Waals surface area contributed by atoms with Crippen LogP contribution in [0, 0.1) is 5.82 Å². The van der Waals surface area contributed by atoms with Crippen molar-refractivity contribution in [1.82, 2.24) is 0 Å². The standard InChI is InChI=1S/C16H17FN2O2S/c1-20-14-8-4-13(5-9-14)19-16(18)22-11-10-21-15-6-2-12(17)3-7-15/h2-9H,10-11H2,1H3,(H2,18,19). The summed E-state index contributed by atoms with van der Waals surface area (Å²) in [6.07, 6.45) is 0. The molecule has 2 rings (SSSR count). The average molecular weight is 320 g/mol. The maximum absolute atomic E-state index is 12.7. The summed E-state index contributed by atoms with van der Waals surface area (Å²) in [5.74, 6) is 1.78. The van der Waals surface area contributed by atoms with Crippen LogP contribution in [0.15, 0.2) is 53.5 Å². The van der Waals surface area contributed by atoms with Gasteiger partial charge in [0.15, 0.2) is 5.17 Å². The van der Waals surface area contributed by atoms with Crippen LogP contribution in [-0.2, 0) is 0 Å². The van der Waals surface area contributed by atoms with Gasteiger partial charge in [-0.05, 0) is 48.5 Å². The second-order valence-corrected chi connectivity index (χ2v) is 5.41. The van der Waals surface area contributed by atoms with Gasteiger partial charge >= 0.3 is 0 Å². The average Bonchev–Trinajstić information content (AvgIpc) is 2.54. The molecule has 0 saturated heterocycles. The van der Waals surface area contributed by atoms with Gasteiger partial charge in [0.2, 0.25) is 0 Å². The molecule has 0 heterocycles. The third kappa shape index (κ3) is 5.29. The van der Waals surface area contributed by atoms with Crippen molar-refractivity contribution < 1.29 is 13.9 Å². The molecule has 0 aliphatic rings. The Labute approximate surface area is 133 Å². The van der Waals surface area contributed by atoms with Crippen LogP contribution >= 0.6 is 11.8 Å². The van der Waals surface area contributed by atoms with Gasteiger partial charge in [-0.25, -0.2) is 9.38 Å². The number of hydrogen-bond donors (Lipinski definition) is 1. The Bertz CT molecular complexity index is 615. The van der Waals surface area contributed by atoms with Gasteiger partial charge in [0.1, 0.15) is 17.3 Å². The maximum atomic E-state index is 12.7. The van der Waals surface area contributed by atoms with Gasteiger partial charge in [-0.2, -0.15) is 0 Å². The second-order valence-electron chi connectivity index (χ2n) is 4.30. The molecule has 116 valence electrons. The molecule has 0 radical (unpaired) electrons. The van der Waals surface area contributed by atoms with E-state index in [9.17, 15) is 4.39 Å². The lowest BCUT2D eigenvalue weighted by Gasteiger charge is -2.05. The van der Waals surface area contributed by atoms with Gasteiger partial charge in [-0.1, -0.05) is 11.8 Å². The molecule has 0 saturated carbocycles. The highest BCUT2D eigenvalue weighted by Crippen LogP contribution is 2.19. The van der Waals surface area contributed by atoms with Gasteiger partial charge in [-0.3, -0.25) is 0 Å². The fraction of sp³-hybridized carbons (Fsp3) is 0.188. The van der Waals surface area contributed by atoms with Crippen molar-refractivity contribution in [2.24, 2.45) is 10.7 Å². The van der Waals surface area contributed by atoms with Crippen molar-refractivity contribution >= 4 is 22.6 Å². The molecular formula is C16H17FN2O2S. The van der Waals surface area contributed by atoms with Crippen LogP contribution in [-0.4, -0.2) is 24.6 Å². The first kappa shape index (κ1) is 16.2. The predicted molar refractivity (Wildman–Crippen MR) is 88.6 cm³/mol. The smallest absolute Gasteiger partial charge is 0.159 e. The predicted octanol–water partition coefficient (Wildman–Crippen LogP) is 3.59. The molecule has 0 aliphatic carbocycles. The highest BCUT2D eigenvalue weighted by molar-refractivity contribution is 8.13. The second kappa shape index (κ2) is 8.29. The zero-order valence-corrected chi connectivity index (χ0v) is 13.0. The highest BCUT2D eigenvalue weighted by Gasteiger charge is 1.99. The lowest BCUT2D eigenvalue weighted by atomic mass is 10.3. The SMILES string of the molecule is COc1ccc(N=C(N)SCCOc2ccc(F)cc2)cc1. The molecule has 0 aromatic heterocycles. The largest absolute Gasteiger partial charge is 0.497 e. The highest BCUT2D eigenvalue weighted by atomic mass is 32.2. The molecule has 0 bridgehead atoms. The summed E-state index contributed by atoms with van der Waals surface area (Å²) in [5, 5.41) is 0.466. The van der Waals surface area contributed by atoms with E-state index in [1.54, 1.807) is 19.2 Å². The topological polar surface area (TPSA) is 56.8 Å². The molecule has 0 atom stereocenters. The summed E-state index contributed by atoms with van der Waals surface area (Å²) in [7, 11) is 1.61. The third-order valence-corrected chi connectivity index (χ3v) is 3.49. The van der Waals surface area contributed by atoms with E-state index in [1.807, 2.05) is 24.3 Å². The number of ether oxygens (including phenoxy) is 2. The van der Waals surface area contributed by atoms with Crippen LogP contribution in [0.1, 0.15) is 0 Å². The van der Waals surface area contributed by atoms with Crippen molar-refractivity contribution in [1.29, 1.82) is 0 Å². The molecule has 0 unspecified atom stereocenters. The van der Waals surface area contributed by atoms with E-state index in [4.69, 9.17) is 15.2 Å². The fourth-order valence-electron chi connectivity index (χ4n) is 1.65. The lowest BCUT2D eigenvalue weighted by Crippen LogP contribution is -2.10. The zero-order chi connectivity index (χ0) is 15.8. The number of hydrogen-bond acceptors (Lipinski definition) is 4. The van der Waals surface area contributed by atoms with E-state index >= 15 is 0 Å². The zero-order valence-electron chi connectivity index (χ0n) is 12.2. The van der Waals surface area contributed by atoms with Crippen molar-refractivity contribution in [2.75, 3.05) is 19.5 Å². The summed E-state index contributed by atoms with van der Waals surface area (Å²) >= 11 is 1.40. The number of methoxy groups -OCH3 is 1. The van der Waals surface area contributed by atoms with Crippen LogP contribution in [0.3, 0.4) is 0 Å². The number of nitrogens with two attached hydrogens (primary N) is 1. The Hall–Kier alpha value is -2.21. The summed E-state index contributed by atoms with van der Waals surface area (Å²) < 4.78 is 23.3. The van der Waals surface area contributed by atoms with Gasteiger partial charge in [0.25, 0.3) is 0 Å². The van der Waals surface area contributed by atoms with E-state index in [1.165, 1.54) is 23.9 Å². The fourth-order valence-corrected chi connectivity index (χ4v) is 2.20. The molecule has 6 heteroatoms. The van der Waals surface area contributed by atoms with Crippen LogP contribution in [0.5, 0.6) is 11.5 Å². The number of nitrogens with zero attached hydrogens (tertiary/aromatic N) is 1. The normalized spacial score (nSPS) is 11.3. The molecule has 0 spiro atoms. The first-order chi connectivity index (χ1) is 10.7. The Balaban J connectivity index is 1.75. The van der Waals surface area contributed by atoms with Crippen LogP contribution in [0.2, 0.25) is 0 Å². The first-order valence-electron chi connectivity index (χ1n) is 6.67. The molecule has 0 fully saturated rings. The number of amidine groups is 1. The molecule has 0 amide bonds. The number of rotatable bonds is 6. The van der Waals surface area contributed by atoms with Crippen molar-refractivity contribution in [3.05, 3.63) is 54.3 Å². The Morgan fingerprint density at radius 3 is 2.36 bits per heavy atom. The monoisotopic (exact) mass is 320 g/mol. The molecule has 22 heavy (non-hydrogen) atoms. The number of benzene rings is 2. The molecule has 0 aliphatic heterocycles. The molecule has 2 aromatic rings. The van der Waals surface area contributed by atoms with Crippen LogP contribution in [0.4, 0.5) is 10.1 Å². The van der Waals surface area contributed by atoms with Crippen molar-refractivity contribution in [2.45, 2.75) is 0 Å². The molecule has 2 N–H and O–H groups in total. The van der Waals surface area contributed by atoms with E-state index in [2.05, 4.69) is 4.99 Å². The third-order valence-electron chi connectivity index (χ3n) is 2.73. The molecular weight excluding hydrogens is 303 g/mol. The quantitative estimate of drug-likeness (QED) is 0.502. The van der Waals surface area contributed by atoms with E-state index < -0.39 is 0 Å². The minimum atomic E-state index is -0.280. The van der Waals surface area contributed by atoms with E-state index in [0.29, 0.717) is 23.3 Å². The first-order valence-corrected chi connectivity index (χ1v) is 7.65. The molecule has 4 nitrogen and oxygen atoms in total. The number of halogens is 1. The number of thioether (sulfide) groups is 1. The Morgan fingerprint density at radius 1 is 1.09 bits per heavy atom. The summed E-state index contributed by atoms with van der Waals surface area (Å²) in [4.78, 5) is 4.29. The molecule has 2 aromatic carbocycles. The van der Waals surface area contributed by atoms with Crippen molar-refractivity contribution in [3.63, 3.8) is 0 Å². The Morgan fingerprint density at radius 2 is 1.73 bits per heavy atom. The van der Waals surface area contributed by atoms with E-state index in [-0.39, 0.29) is 5.82 Å². The summed E-state index contributed by atoms with van der Waals surface area (Å²) in [5.41, 5.74) is 6.62. The van der Waals surface area contributed by atoms with Gasteiger partial charge in [0, 0.05) is 5.75 Å². The minimum absolute atomic E-state index is 0.280.